The number of hydrogen-bond acceptors (Lipinski definition) is 2. The minimum atomic E-state index is -1.54. The summed E-state index contributed by atoms with van der Waals surface area (Å²) in [5.74, 6) is -6.82. The van der Waals surface area contributed by atoms with E-state index in [1.807, 2.05) is 0 Å². The Hall–Kier alpha value is -1.70. The van der Waals surface area contributed by atoms with Gasteiger partial charge in [-0.15, -0.1) is 0 Å². The van der Waals surface area contributed by atoms with E-state index in [-0.39, 0.29) is 16.2 Å². The molecule has 0 aliphatic rings. The first-order valence-corrected chi connectivity index (χ1v) is 5.61. The highest BCUT2D eigenvalue weighted by molar-refractivity contribution is 9.10. The third kappa shape index (κ3) is 2.83. The van der Waals surface area contributed by atoms with Crippen molar-refractivity contribution in [1.82, 2.24) is 4.98 Å². The van der Waals surface area contributed by atoms with Crippen LogP contribution in [0.3, 0.4) is 0 Å². The van der Waals surface area contributed by atoms with Gasteiger partial charge in [-0.3, -0.25) is 0 Å². The molecule has 0 saturated heterocycles. The summed E-state index contributed by atoms with van der Waals surface area (Å²) in [6.07, 6.45) is 0. The van der Waals surface area contributed by atoms with E-state index in [0.717, 1.165) is 6.07 Å². The molecule has 0 atom stereocenters. The van der Waals surface area contributed by atoms with Gasteiger partial charge in [-0.05, 0) is 22.0 Å². The number of hydrogen-bond donors (Lipinski definition) is 1. The molecule has 0 saturated carbocycles. The lowest BCUT2D eigenvalue weighted by atomic mass is 10.3. The number of halogens is 6. The Morgan fingerprint density at radius 3 is 2.16 bits per heavy atom. The Bertz CT molecular complexity index is 592. The number of nitrogens with one attached hydrogen (secondary N) is 1. The number of anilines is 2. The highest BCUT2D eigenvalue weighted by atomic mass is 79.9. The zero-order valence-electron chi connectivity index (χ0n) is 8.95. The SMILES string of the molecule is Fc1cc(F)c(Nc2nc(F)c(F)cc2F)cc1Br. The first kappa shape index (κ1) is 13.7. The van der Waals surface area contributed by atoms with Crippen molar-refractivity contribution in [3.8, 4) is 0 Å². The Balaban J connectivity index is 2.42. The second kappa shape index (κ2) is 5.12. The second-order valence-corrected chi connectivity index (χ2v) is 4.32. The van der Waals surface area contributed by atoms with E-state index in [1.54, 1.807) is 0 Å². The van der Waals surface area contributed by atoms with Crippen molar-refractivity contribution < 1.29 is 22.0 Å². The van der Waals surface area contributed by atoms with Crippen LogP contribution in [0, 0.1) is 29.2 Å². The van der Waals surface area contributed by atoms with Gasteiger partial charge in [0.1, 0.15) is 11.6 Å². The zero-order valence-corrected chi connectivity index (χ0v) is 10.5. The molecule has 0 aliphatic carbocycles. The van der Waals surface area contributed by atoms with E-state index in [0.29, 0.717) is 6.07 Å². The number of benzene rings is 1. The van der Waals surface area contributed by atoms with Crippen LogP contribution in [0.25, 0.3) is 0 Å². The summed E-state index contributed by atoms with van der Waals surface area (Å²) in [5, 5.41) is 2.11. The molecule has 1 heterocycles. The molecule has 2 aromatic rings. The largest absolute Gasteiger partial charge is 0.335 e. The van der Waals surface area contributed by atoms with Crippen LogP contribution in [0.15, 0.2) is 22.7 Å². The molecule has 0 spiro atoms. The quantitative estimate of drug-likeness (QED) is 0.502. The molecule has 0 fully saturated rings. The van der Waals surface area contributed by atoms with Gasteiger partial charge < -0.3 is 5.32 Å². The third-order valence-electron chi connectivity index (χ3n) is 2.15. The van der Waals surface area contributed by atoms with Crippen molar-refractivity contribution in [2.75, 3.05) is 5.32 Å². The van der Waals surface area contributed by atoms with Crippen LogP contribution in [0.5, 0.6) is 0 Å². The maximum atomic E-state index is 13.4. The van der Waals surface area contributed by atoms with Gasteiger partial charge in [0, 0.05) is 12.1 Å². The van der Waals surface area contributed by atoms with Gasteiger partial charge in [-0.25, -0.2) is 17.6 Å². The summed E-state index contributed by atoms with van der Waals surface area (Å²) in [6.45, 7) is 0. The monoisotopic (exact) mass is 338 g/mol. The van der Waals surface area contributed by atoms with Gasteiger partial charge in [0.2, 0.25) is 0 Å². The smallest absolute Gasteiger partial charge is 0.251 e. The van der Waals surface area contributed by atoms with Gasteiger partial charge in [0.15, 0.2) is 17.5 Å². The first-order chi connectivity index (χ1) is 8.88. The molecule has 2 rings (SSSR count). The molecule has 0 aliphatic heterocycles. The van der Waals surface area contributed by atoms with Gasteiger partial charge >= 0.3 is 0 Å². The standard InChI is InChI=1S/C11H4BrF5N2/c12-4-1-9(6(14)2-5(4)13)18-11-8(16)3-7(15)10(17)19-11/h1-3H,(H,18,19). The molecular formula is C11H4BrF5N2. The molecule has 0 amide bonds. The number of nitrogens with zero attached hydrogens (tertiary/aromatic N) is 1. The lowest BCUT2D eigenvalue weighted by Gasteiger charge is -2.09. The van der Waals surface area contributed by atoms with Crippen LogP contribution in [0.1, 0.15) is 0 Å². The van der Waals surface area contributed by atoms with Gasteiger partial charge in [0.25, 0.3) is 5.95 Å². The second-order valence-electron chi connectivity index (χ2n) is 3.46. The molecule has 8 heteroatoms. The maximum Gasteiger partial charge on any atom is 0.251 e. The molecule has 100 valence electrons. The van der Waals surface area contributed by atoms with Gasteiger partial charge in [-0.2, -0.15) is 9.37 Å². The van der Waals surface area contributed by atoms with Crippen LogP contribution in [-0.4, -0.2) is 4.98 Å². The number of rotatable bonds is 2. The minimum Gasteiger partial charge on any atom is -0.335 e. The van der Waals surface area contributed by atoms with Crippen molar-refractivity contribution in [2.24, 2.45) is 0 Å². The van der Waals surface area contributed by atoms with E-state index >= 15 is 0 Å². The summed E-state index contributed by atoms with van der Waals surface area (Å²) in [6, 6.07) is 1.79. The Kier molecular flexibility index (Phi) is 3.70. The van der Waals surface area contributed by atoms with Crippen molar-refractivity contribution in [3.05, 3.63) is 51.9 Å². The fourth-order valence-corrected chi connectivity index (χ4v) is 1.62. The highest BCUT2D eigenvalue weighted by Crippen LogP contribution is 2.27. The van der Waals surface area contributed by atoms with Crippen LogP contribution >= 0.6 is 15.9 Å². The first-order valence-electron chi connectivity index (χ1n) is 4.81. The summed E-state index contributed by atoms with van der Waals surface area (Å²) in [5.41, 5.74) is -0.342. The fourth-order valence-electron chi connectivity index (χ4n) is 1.28. The highest BCUT2D eigenvalue weighted by Gasteiger charge is 2.14. The van der Waals surface area contributed by atoms with Gasteiger partial charge in [-0.1, -0.05) is 0 Å². The number of pyridine rings is 1. The van der Waals surface area contributed by atoms with E-state index < -0.39 is 35.0 Å². The van der Waals surface area contributed by atoms with Crippen molar-refractivity contribution in [3.63, 3.8) is 0 Å². The third-order valence-corrected chi connectivity index (χ3v) is 2.76. The average molecular weight is 339 g/mol. The van der Waals surface area contributed by atoms with Gasteiger partial charge in [0.05, 0.1) is 10.2 Å². The molecule has 1 aromatic heterocycles. The summed E-state index contributed by atoms with van der Waals surface area (Å²) >= 11 is 2.81. The Morgan fingerprint density at radius 1 is 0.842 bits per heavy atom. The van der Waals surface area contributed by atoms with E-state index in [4.69, 9.17) is 0 Å². The van der Waals surface area contributed by atoms with Crippen LogP contribution in [0.2, 0.25) is 0 Å². The summed E-state index contributed by atoms with van der Waals surface area (Å²) in [7, 11) is 0. The molecule has 1 aromatic carbocycles. The van der Waals surface area contributed by atoms with E-state index in [1.165, 1.54) is 0 Å². The minimum absolute atomic E-state index is 0.0839. The lowest BCUT2D eigenvalue weighted by Crippen LogP contribution is -2.03. The van der Waals surface area contributed by atoms with E-state index in [9.17, 15) is 22.0 Å². The van der Waals surface area contributed by atoms with Crippen molar-refractivity contribution >= 4 is 27.4 Å². The van der Waals surface area contributed by atoms with Crippen LogP contribution in [0.4, 0.5) is 33.5 Å². The average Bonchev–Trinajstić information content (AvgIpc) is 2.32. The molecular weight excluding hydrogens is 335 g/mol. The normalized spacial score (nSPS) is 10.6. The predicted molar refractivity (Wildman–Crippen MR) is 61.5 cm³/mol. The zero-order chi connectivity index (χ0) is 14.2. The lowest BCUT2D eigenvalue weighted by molar-refractivity contribution is 0.467. The topological polar surface area (TPSA) is 24.9 Å². The Morgan fingerprint density at radius 2 is 1.47 bits per heavy atom. The van der Waals surface area contributed by atoms with Crippen LogP contribution < -0.4 is 5.32 Å². The van der Waals surface area contributed by atoms with Crippen molar-refractivity contribution in [2.45, 2.75) is 0 Å². The van der Waals surface area contributed by atoms with Crippen LogP contribution in [-0.2, 0) is 0 Å². The molecule has 19 heavy (non-hydrogen) atoms. The van der Waals surface area contributed by atoms with E-state index in [2.05, 4.69) is 26.2 Å². The molecule has 0 radical (unpaired) electrons. The summed E-state index contributed by atoms with van der Waals surface area (Å²) < 4.78 is 65.1. The maximum absolute atomic E-state index is 13.4. The fraction of sp³-hybridized carbons (Fsp3) is 0. The Labute approximate surface area is 112 Å². The van der Waals surface area contributed by atoms with Crippen molar-refractivity contribution in [1.29, 1.82) is 0 Å². The molecule has 2 nitrogen and oxygen atoms in total. The molecule has 0 bridgehead atoms. The number of aromatic nitrogens is 1. The summed E-state index contributed by atoms with van der Waals surface area (Å²) in [4.78, 5) is 2.96. The molecule has 1 N–H and O–H groups in total. The predicted octanol–water partition coefficient (Wildman–Crippen LogP) is 4.28. The molecule has 0 unspecified atom stereocenters.